The first-order valence-electron chi connectivity index (χ1n) is 7.28. The zero-order chi connectivity index (χ0) is 17.3. The zero-order valence-corrected chi connectivity index (χ0v) is 14.0. The number of benzene rings is 1. The van der Waals surface area contributed by atoms with Crippen LogP contribution in [0.2, 0.25) is 0 Å². The largest absolute Gasteiger partial charge is 0.497 e. The highest BCUT2D eigenvalue weighted by molar-refractivity contribution is 7.13. The second kappa shape index (κ2) is 6.32. The van der Waals surface area contributed by atoms with Crippen LogP contribution in [0.5, 0.6) is 5.75 Å². The number of hydrogen-bond acceptors (Lipinski definition) is 6. The molecule has 0 aliphatic rings. The summed E-state index contributed by atoms with van der Waals surface area (Å²) in [7, 11) is 1.60. The van der Waals surface area contributed by atoms with Gasteiger partial charge in [-0.05, 0) is 19.1 Å². The second-order valence-corrected chi connectivity index (χ2v) is 5.89. The van der Waals surface area contributed by atoms with E-state index in [1.807, 2.05) is 24.3 Å². The quantitative estimate of drug-likeness (QED) is 0.753. The van der Waals surface area contributed by atoms with Gasteiger partial charge in [0.05, 0.1) is 12.8 Å². The standard InChI is InChI=1S/C16H16N4O3S/c1-3-20-13(17)12(14(21)19-16(20)22)11-8-24-15(18-11)9-5-4-6-10(7-9)23-2/h4-8H,3,17H2,1-2H3,(H,19,21,22). The third-order valence-electron chi connectivity index (χ3n) is 3.63. The number of H-pyrrole nitrogens is 1. The first-order valence-corrected chi connectivity index (χ1v) is 8.16. The summed E-state index contributed by atoms with van der Waals surface area (Å²) in [5, 5.41) is 2.48. The highest BCUT2D eigenvalue weighted by Gasteiger charge is 2.17. The van der Waals surface area contributed by atoms with Gasteiger partial charge in [0.1, 0.15) is 22.1 Å². The van der Waals surface area contributed by atoms with Crippen molar-refractivity contribution in [1.82, 2.24) is 14.5 Å². The molecule has 3 N–H and O–H groups in total. The van der Waals surface area contributed by atoms with Crippen LogP contribution >= 0.6 is 11.3 Å². The molecule has 2 heterocycles. The minimum atomic E-state index is -0.537. The molecule has 7 nitrogen and oxygen atoms in total. The summed E-state index contributed by atoms with van der Waals surface area (Å²) >= 11 is 1.39. The lowest BCUT2D eigenvalue weighted by molar-refractivity contribution is 0.415. The van der Waals surface area contributed by atoms with Crippen molar-refractivity contribution in [2.45, 2.75) is 13.5 Å². The van der Waals surface area contributed by atoms with Gasteiger partial charge < -0.3 is 10.5 Å². The maximum absolute atomic E-state index is 12.2. The normalized spacial score (nSPS) is 10.8. The van der Waals surface area contributed by atoms with Crippen LogP contribution in [0.1, 0.15) is 6.92 Å². The fourth-order valence-electron chi connectivity index (χ4n) is 2.43. The Morgan fingerprint density at radius 1 is 1.38 bits per heavy atom. The molecule has 0 saturated heterocycles. The smallest absolute Gasteiger partial charge is 0.329 e. The topological polar surface area (TPSA) is 103 Å². The van der Waals surface area contributed by atoms with Gasteiger partial charge in [0.15, 0.2) is 0 Å². The number of ether oxygens (including phenoxy) is 1. The van der Waals surface area contributed by atoms with Crippen LogP contribution in [0.4, 0.5) is 5.82 Å². The van der Waals surface area contributed by atoms with E-state index in [2.05, 4.69) is 9.97 Å². The van der Waals surface area contributed by atoms with Crippen LogP contribution in [0.3, 0.4) is 0 Å². The number of thiazole rings is 1. The molecule has 0 radical (unpaired) electrons. The average molecular weight is 344 g/mol. The van der Waals surface area contributed by atoms with Crippen molar-refractivity contribution < 1.29 is 4.74 Å². The van der Waals surface area contributed by atoms with E-state index in [0.717, 1.165) is 16.3 Å². The number of methoxy groups -OCH3 is 1. The van der Waals surface area contributed by atoms with Gasteiger partial charge in [-0.3, -0.25) is 14.3 Å². The molecule has 2 aromatic heterocycles. The summed E-state index contributed by atoms with van der Waals surface area (Å²) < 4.78 is 6.52. The Balaban J connectivity index is 2.12. The number of hydrogen-bond donors (Lipinski definition) is 2. The van der Waals surface area contributed by atoms with E-state index in [4.69, 9.17) is 10.5 Å². The molecular formula is C16H16N4O3S. The molecule has 0 atom stereocenters. The molecule has 0 aliphatic heterocycles. The monoisotopic (exact) mass is 344 g/mol. The molecule has 0 saturated carbocycles. The number of rotatable bonds is 4. The molecule has 0 unspecified atom stereocenters. The van der Waals surface area contributed by atoms with Crippen molar-refractivity contribution in [3.8, 4) is 27.6 Å². The Hall–Kier alpha value is -2.87. The summed E-state index contributed by atoms with van der Waals surface area (Å²) in [6.45, 7) is 2.14. The summed E-state index contributed by atoms with van der Waals surface area (Å²) in [5.74, 6) is 0.842. The van der Waals surface area contributed by atoms with Gasteiger partial charge in [-0.2, -0.15) is 0 Å². The first-order chi connectivity index (χ1) is 11.5. The highest BCUT2D eigenvalue weighted by Crippen LogP contribution is 2.30. The highest BCUT2D eigenvalue weighted by atomic mass is 32.1. The third-order valence-corrected chi connectivity index (χ3v) is 4.52. The van der Waals surface area contributed by atoms with Crippen LogP contribution in [0.25, 0.3) is 21.8 Å². The molecule has 1 aromatic carbocycles. The number of anilines is 1. The van der Waals surface area contributed by atoms with E-state index in [1.54, 1.807) is 19.4 Å². The lowest BCUT2D eigenvalue weighted by Gasteiger charge is -2.08. The lowest BCUT2D eigenvalue weighted by atomic mass is 10.2. The lowest BCUT2D eigenvalue weighted by Crippen LogP contribution is -2.32. The SMILES string of the molecule is CCn1c(N)c(-c2csc(-c3cccc(OC)c3)n2)c(=O)[nH]c1=O. The third kappa shape index (κ3) is 2.71. The van der Waals surface area contributed by atoms with Gasteiger partial charge in [-0.15, -0.1) is 11.3 Å². The summed E-state index contributed by atoms with van der Waals surface area (Å²) in [6.07, 6.45) is 0. The van der Waals surface area contributed by atoms with Crippen LogP contribution in [0.15, 0.2) is 39.2 Å². The van der Waals surface area contributed by atoms with Crippen molar-refractivity contribution in [3.05, 3.63) is 50.5 Å². The van der Waals surface area contributed by atoms with Crippen LogP contribution < -0.4 is 21.7 Å². The number of aromatic amines is 1. The van der Waals surface area contributed by atoms with E-state index in [1.165, 1.54) is 15.9 Å². The van der Waals surface area contributed by atoms with E-state index in [9.17, 15) is 9.59 Å². The molecule has 0 amide bonds. The Bertz CT molecular complexity index is 1000. The molecule has 0 bridgehead atoms. The number of nitrogen functional groups attached to an aromatic ring is 1. The van der Waals surface area contributed by atoms with E-state index in [0.29, 0.717) is 12.2 Å². The van der Waals surface area contributed by atoms with E-state index >= 15 is 0 Å². The maximum Gasteiger partial charge on any atom is 0.329 e. The molecule has 0 fully saturated rings. The molecule has 124 valence electrons. The number of aromatic nitrogens is 3. The molecule has 3 aromatic rings. The van der Waals surface area contributed by atoms with Crippen molar-refractivity contribution in [3.63, 3.8) is 0 Å². The van der Waals surface area contributed by atoms with Crippen molar-refractivity contribution in [2.75, 3.05) is 12.8 Å². The Morgan fingerprint density at radius 2 is 2.17 bits per heavy atom. The molecule has 0 aliphatic carbocycles. The Kier molecular flexibility index (Phi) is 4.22. The molecule has 8 heteroatoms. The second-order valence-electron chi connectivity index (χ2n) is 5.03. The number of nitrogens with one attached hydrogen (secondary N) is 1. The predicted molar refractivity (Wildman–Crippen MR) is 94.5 cm³/mol. The van der Waals surface area contributed by atoms with Crippen LogP contribution in [-0.2, 0) is 6.54 Å². The van der Waals surface area contributed by atoms with Gasteiger partial charge in [-0.1, -0.05) is 12.1 Å². The van der Waals surface area contributed by atoms with Gasteiger partial charge in [-0.25, -0.2) is 9.78 Å². The zero-order valence-electron chi connectivity index (χ0n) is 13.2. The minimum Gasteiger partial charge on any atom is -0.497 e. The summed E-state index contributed by atoms with van der Waals surface area (Å²) in [6, 6.07) is 7.49. The molecule has 0 spiro atoms. The summed E-state index contributed by atoms with van der Waals surface area (Å²) in [4.78, 5) is 30.7. The van der Waals surface area contributed by atoms with Gasteiger partial charge in [0.25, 0.3) is 5.56 Å². The number of nitrogens with zero attached hydrogens (tertiary/aromatic N) is 2. The first kappa shape index (κ1) is 16.0. The Morgan fingerprint density at radius 3 is 2.88 bits per heavy atom. The molecule has 3 rings (SSSR count). The fourth-order valence-corrected chi connectivity index (χ4v) is 3.23. The van der Waals surface area contributed by atoms with Crippen LogP contribution in [0, 0.1) is 0 Å². The molecular weight excluding hydrogens is 328 g/mol. The van der Waals surface area contributed by atoms with Gasteiger partial charge in [0, 0.05) is 17.5 Å². The van der Waals surface area contributed by atoms with Gasteiger partial charge in [0.2, 0.25) is 0 Å². The van der Waals surface area contributed by atoms with E-state index < -0.39 is 11.2 Å². The fraction of sp³-hybridized carbons (Fsp3) is 0.188. The van der Waals surface area contributed by atoms with Crippen molar-refractivity contribution >= 4 is 17.2 Å². The maximum atomic E-state index is 12.2. The van der Waals surface area contributed by atoms with Crippen molar-refractivity contribution in [2.24, 2.45) is 0 Å². The van der Waals surface area contributed by atoms with E-state index in [-0.39, 0.29) is 11.4 Å². The minimum absolute atomic E-state index is 0.119. The summed E-state index contributed by atoms with van der Waals surface area (Å²) in [5.41, 5.74) is 6.48. The van der Waals surface area contributed by atoms with Crippen molar-refractivity contribution in [1.29, 1.82) is 0 Å². The van der Waals surface area contributed by atoms with Gasteiger partial charge >= 0.3 is 5.69 Å². The average Bonchev–Trinajstić information content (AvgIpc) is 3.04. The van der Waals surface area contributed by atoms with Crippen LogP contribution in [-0.4, -0.2) is 21.6 Å². The Labute approximate surface area is 141 Å². The molecule has 24 heavy (non-hydrogen) atoms. The predicted octanol–water partition coefficient (Wildman–Crippen LogP) is 1.94. The number of nitrogens with two attached hydrogens (primary N) is 1.